The van der Waals surface area contributed by atoms with E-state index in [1.165, 1.54) is 41.9 Å². The number of aryl methyl sites for hydroxylation is 1. The average molecular weight is 249 g/mol. The van der Waals surface area contributed by atoms with Crippen LogP contribution in [0.5, 0.6) is 0 Å². The molecule has 1 nitrogen and oxygen atoms in total. The second-order valence-corrected chi connectivity index (χ2v) is 6.24. The second-order valence-electron chi connectivity index (χ2n) is 5.14. The molecule has 0 aliphatic heterocycles. The van der Waals surface area contributed by atoms with Crippen molar-refractivity contribution in [3.63, 3.8) is 0 Å². The molecule has 1 N–H and O–H groups in total. The van der Waals surface area contributed by atoms with Crippen molar-refractivity contribution in [3.8, 4) is 0 Å². The third kappa shape index (κ3) is 4.04. The summed E-state index contributed by atoms with van der Waals surface area (Å²) in [6.07, 6.45) is 5.71. The Morgan fingerprint density at radius 2 is 2.00 bits per heavy atom. The van der Waals surface area contributed by atoms with E-state index in [-0.39, 0.29) is 0 Å². The lowest BCUT2D eigenvalue weighted by Crippen LogP contribution is -2.32. The van der Waals surface area contributed by atoms with Gasteiger partial charge < -0.3 is 5.32 Å². The Kier molecular flexibility index (Phi) is 4.93. The van der Waals surface area contributed by atoms with Crippen molar-refractivity contribution in [2.24, 2.45) is 5.92 Å². The summed E-state index contributed by atoms with van der Waals surface area (Å²) >= 11 is 1.98. The van der Waals surface area contributed by atoms with Gasteiger partial charge in [-0.3, -0.25) is 0 Å². The van der Waals surface area contributed by atoms with E-state index in [2.05, 4.69) is 43.6 Å². The number of rotatable bonds is 6. The van der Waals surface area contributed by atoms with Crippen LogP contribution in [0, 0.1) is 12.8 Å². The summed E-state index contributed by atoms with van der Waals surface area (Å²) in [5.41, 5.74) is 1.34. The molecule has 0 radical (unpaired) electrons. The smallest absolute Gasteiger partial charge is 0.0161 e. The van der Waals surface area contributed by atoms with Crippen LogP contribution in [-0.4, -0.2) is 18.8 Å². The standard InChI is InChI=1S/C15H23NS/c1-12-6-8-15(9-7-12)17-11-14(16-2)10-13-4-3-5-13/h6-9,13-14,16H,3-5,10-11H2,1-2H3. The molecule has 2 rings (SSSR count). The number of benzene rings is 1. The Morgan fingerprint density at radius 1 is 1.29 bits per heavy atom. The number of hydrogen-bond acceptors (Lipinski definition) is 2. The van der Waals surface area contributed by atoms with Crippen LogP contribution >= 0.6 is 11.8 Å². The van der Waals surface area contributed by atoms with Gasteiger partial charge in [0.05, 0.1) is 0 Å². The highest BCUT2D eigenvalue weighted by Crippen LogP contribution is 2.31. The van der Waals surface area contributed by atoms with E-state index in [1.807, 2.05) is 11.8 Å². The SMILES string of the molecule is CNC(CSc1ccc(C)cc1)CC1CCC1. The van der Waals surface area contributed by atoms with Crippen molar-refractivity contribution in [2.75, 3.05) is 12.8 Å². The fraction of sp³-hybridized carbons (Fsp3) is 0.600. The van der Waals surface area contributed by atoms with E-state index in [4.69, 9.17) is 0 Å². The highest BCUT2D eigenvalue weighted by Gasteiger charge is 2.21. The molecule has 1 aromatic rings. The minimum Gasteiger partial charge on any atom is -0.316 e. The lowest BCUT2D eigenvalue weighted by Gasteiger charge is -2.29. The molecule has 1 aliphatic carbocycles. The van der Waals surface area contributed by atoms with Crippen LogP contribution in [0.3, 0.4) is 0 Å². The molecular weight excluding hydrogens is 226 g/mol. The van der Waals surface area contributed by atoms with Crippen molar-refractivity contribution in [1.82, 2.24) is 5.32 Å². The lowest BCUT2D eigenvalue weighted by molar-refractivity contribution is 0.272. The number of thioether (sulfide) groups is 1. The van der Waals surface area contributed by atoms with E-state index < -0.39 is 0 Å². The zero-order chi connectivity index (χ0) is 12.1. The molecule has 0 bridgehead atoms. The summed E-state index contributed by atoms with van der Waals surface area (Å²) < 4.78 is 0. The van der Waals surface area contributed by atoms with E-state index in [1.54, 1.807) is 0 Å². The molecular formula is C15H23NS. The normalized spacial score (nSPS) is 17.8. The summed E-state index contributed by atoms with van der Waals surface area (Å²) in [5.74, 6) is 2.18. The minimum absolute atomic E-state index is 0.673. The lowest BCUT2D eigenvalue weighted by atomic mass is 9.81. The number of hydrogen-bond donors (Lipinski definition) is 1. The monoisotopic (exact) mass is 249 g/mol. The second kappa shape index (κ2) is 6.46. The quantitative estimate of drug-likeness (QED) is 0.768. The van der Waals surface area contributed by atoms with Crippen molar-refractivity contribution in [1.29, 1.82) is 0 Å². The molecule has 0 saturated heterocycles. The zero-order valence-electron chi connectivity index (χ0n) is 10.9. The Hall–Kier alpha value is -0.470. The van der Waals surface area contributed by atoms with Crippen molar-refractivity contribution < 1.29 is 0 Å². The average Bonchev–Trinajstić information content (AvgIpc) is 2.29. The molecule has 1 unspecified atom stereocenters. The fourth-order valence-corrected chi connectivity index (χ4v) is 3.26. The van der Waals surface area contributed by atoms with Gasteiger partial charge in [0.1, 0.15) is 0 Å². The molecule has 94 valence electrons. The van der Waals surface area contributed by atoms with Crippen LogP contribution in [-0.2, 0) is 0 Å². The summed E-state index contributed by atoms with van der Waals surface area (Å²) in [6.45, 7) is 2.14. The predicted octanol–water partition coefficient (Wildman–Crippen LogP) is 3.87. The van der Waals surface area contributed by atoms with Crippen LogP contribution in [0.2, 0.25) is 0 Å². The maximum absolute atomic E-state index is 3.46. The van der Waals surface area contributed by atoms with Gasteiger partial charge in [0.2, 0.25) is 0 Å². The minimum atomic E-state index is 0.673. The molecule has 0 spiro atoms. The first-order valence-electron chi connectivity index (χ1n) is 6.64. The van der Waals surface area contributed by atoms with Gasteiger partial charge in [-0.15, -0.1) is 11.8 Å². The largest absolute Gasteiger partial charge is 0.316 e. The number of nitrogens with one attached hydrogen (secondary N) is 1. The van der Waals surface area contributed by atoms with Crippen LogP contribution in [0.25, 0.3) is 0 Å². The van der Waals surface area contributed by atoms with Crippen LogP contribution in [0.1, 0.15) is 31.2 Å². The van der Waals surface area contributed by atoms with Crippen molar-refractivity contribution in [2.45, 2.75) is 43.5 Å². The molecule has 1 atom stereocenters. The van der Waals surface area contributed by atoms with E-state index in [0.717, 1.165) is 5.92 Å². The van der Waals surface area contributed by atoms with Crippen molar-refractivity contribution >= 4 is 11.8 Å². The van der Waals surface area contributed by atoms with E-state index in [0.29, 0.717) is 6.04 Å². The Bertz CT molecular complexity index is 329. The van der Waals surface area contributed by atoms with Crippen LogP contribution < -0.4 is 5.32 Å². The predicted molar refractivity (Wildman–Crippen MR) is 76.7 cm³/mol. The summed E-state index contributed by atoms with van der Waals surface area (Å²) in [6, 6.07) is 9.53. The van der Waals surface area contributed by atoms with Gasteiger partial charge in [-0.1, -0.05) is 37.0 Å². The Labute approximate surface area is 109 Å². The topological polar surface area (TPSA) is 12.0 Å². The Balaban J connectivity index is 1.76. The molecule has 17 heavy (non-hydrogen) atoms. The van der Waals surface area contributed by atoms with Gasteiger partial charge in [-0.2, -0.15) is 0 Å². The molecule has 0 aromatic heterocycles. The van der Waals surface area contributed by atoms with Gasteiger partial charge in [0, 0.05) is 16.7 Å². The Morgan fingerprint density at radius 3 is 2.53 bits per heavy atom. The maximum atomic E-state index is 3.46. The van der Waals surface area contributed by atoms with Gasteiger partial charge >= 0.3 is 0 Å². The summed E-state index contributed by atoms with van der Waals surface area (Å²) in [5, 5.41) is 3.46. The highest BCUT2D eigenvalue weighted by molar-refractivity contribution is 7.99. The van der Waals surface area contributed by atoms with Crippen LogP contribution in [0.4, 0.5) is 0 Å². The summed E-state index contributed by atoms with van der Waals surface area (Å²) in [7, 11) is 2.10. The van der Waals surface area contributed by atoms with Crippen LogP contribution in [0.15, 0.2) is 29.2 Å². The van der Waals surface area contributed by atoms with E-state index in [9.17, 15) is 0 Å². The molecule has 1 fully saturated rings. The van der Waals surface area contributed by atoms with Gasteiger partial charge in [0.15, 0.2) is 0 Å². The molecule has 1 aliphatic rings. The molecule has 2 heteroatoms. The first kappa shape index (κ1) is 13.0. The van der Waals surface area contributed by atoms with Crippen molar-refractivity contribution in [3.05, 3.63) is 29.8 Å². The first-order chi connectivity index (χ1) is 8.28. The van der Waals surface area contributed by atoms with Gasteiger partial charge in [-0.25, -0.2) is 0 Å². The third-order valence-corrected chi connectivity index (χ3v) is 4.90. The molecule has 1 aromatic carbocycles. The molecule has 0 amide bonds. The molecule has 0 heterocycles. The van der Waals surface area contributed by atoms with Gasteiger partial charge in [0.25, 0.3) is 0 Å². The first-order valence-corrected chi connectivity index (χ1v) is 7.63. The summed E-state index contributed by atoms with van der Waals surface area (Å²) in [4.78, 5) is 1.39. The van der Waals surface area contributed by atoms with Gasteiger partial charge in [-0.05, 0) is 38.4 Å². The maximum Gasteiger partial charge on any atom is 0.0161 e. The molecule has 1 saturated carbocycles. The third-order valence-electron chi connectivity index (χ3n) is 3.72. The fourth-order valence-electron chi connectivity index (χ4n) is 2.23. The highest BCUT2D eigenvalue weighted by atomic mass is 32.2. The zero-order valence-corrected chi connectivity index (χ0v) is 11.7. The van der Waals surface area contributed by atoms with E-state index >= 15 is 0 Å².